The summed E-state index contributed by atoms with van der Waals surface area (Å²) in [6.07, 6.45) is 3.38. The van der Waals surface area contributed by atoms with Crippen molar-refractivity contribution < 1.29 is 14.3 Å². The van der Waals surface area contributed by atoms with Crippen LogP contribution in [0.25, 0.3) is 11.1 Å². The molecule has 0 saturated carbocycles. The van der Waals surface area contributed by atoms with Crippen LogP contribution in [-0.2, 0) is 16.0 Å². The standard InChI is InChI=1S/C23H28N4O3/c24-21-20(22(28)26-19-5-7-29-8-6-19)9-18(10-25-21)17-3-1-16(2-4-17)11-27-12-23(13-27)14-30-15-23/h1-4,9-10,19H,5-8,11-15H2,(H2,24,25)(H,26,28). The zero-order chi connectivity index (χ0) is 20.6. The van der Waals surface area contributed by atoms with Gasteiger partial charge < -0.3 is 20.5 Å². The molecule has 0 unspecified atom stereocenters. The van der Waals surface area contributed by atoms with Gasteiger partial charge in [-0.1, -0.05) is 24.3 Å². The molecule has 0 bridgehead atoms. The van der Waals surface area contributed by atoms with E-state index in [-0.39, 0.29) is 17.8 Å². The molecule has 3 saturated heterocycles. The highest BCUT2D eigenvalue weighted by atomic mass is 16.5. The van der Waals surface area contributed by atoms with Gasteiger partial charge in [-0.3, -0.25) is 9.69 Å². The highest BCUT2D eigenvalue weighted by Crippen LogP contribution is 2.38. The second-order valence-corrected chi connectivity index (χ2v) is 8.85. The topological polar surface area (TPSA) is 89.7 Å². The van der Waals surface area contributed by atoms with E-state index in [9.17, 15) is 4.79 Å². The van der Waals surface area contributed by atoms with E-state index in [2.05, 4.69) is 39.5 Å². The van der Waals surface area contributed by atoms with Crippen LogP contribution >= 0.6 is 0 Å². The van der Waals surface area contributed by atoms with Crippen molar-refractivity contribution in [1.82, 2.24) is 15.2 Å². The minimum atomic E-state index is -0.169. The average molecular weight is 409 g/mol. The van der Waals surface area contributed by atoms with Crippen LogP contribution in [0.3, 0.4) is 0 Å². The predicted molar refractivity (Wildman–Crippen MR) is 114 cm³/mol. The van der Waals surface area contributed by atoms with Crippen LogP contribution in [-0.4, -0.2) is 61.3 Å². The molecule has 0 aliphatic carbocycles. The van der Waals surface area contributed by atoms with Gasteiger partial charge in [0.1, 0.15) is 5.82 Å². The van der Waals surface area contributed by atoms with Crippen molar-refractivity contribution >= 4 is 11.7 Å². The molecular weight excluding hydrogens is 380 g/mol. The summed E-state index contributed by atoms with van der Waals surface area (Å²) in [7, 11) is 0. The highest BCUT2D eigenvalue weighted by Gasteiger charge is 2.48. The number of amides is 1. The maximum atomic E-state index is 12.7. The Bertz CT molecular complexity index is 913. The number of anilines is 1. The van der Waals surface area contributed by atoms with Gasteiger partial charge in [0.2, 0.25) is 0 Å². The Hall–Kier alpha value is -2.48. The summed E-state index contributed by atoms with van der Waals surface area (Å²) in [6.45, 7) is 6.40. The van der Waals surface area contributed by atoms with Crippen molar-refractivity contribution in [3.8, 4) is 11.1 Å². The molecule has 7 nitrogen and oxygen atoms in total. The van der Waals surface area contributed by atoms with E-state index in [0.29, 0.717) is 24.2 Å². The first-order valence-electron chi connectivity index (χ1n) is 10.6. The third-order valence-corrected chi connectivity index (χ3v) is 6.35. The van der Waals surface area contributed by atoms with E-state index in [1.807, 2.05) is 6.07 Å². The molecule has 0 atom stereocenters. The van der Waals surface area contributed by atoms with E-state index in [1.54, 1.807) is 6.20 Å². The van der Waals surface area contributed by atoms with E-state index in [4.69, 9.17) is 15.2 Å². The number of nitrogen functional groups attached to an aromatic ring is 1. The average Bonchev–Trinajstić information content (AvgIpc) is 2.70. The van der Waals surface area contributed by atoms with E-state index in [1.165, 1.54) is 5.56 Å². The van der Waals surface area contributed by atoms with Gasteiger partial charge in [-0.05, 0) is 30.0 Å². The van der Waals surface area contributed by atoms with Crippen LogP contribution in [0.5, 0.6) is 0 Å². The van der Waals surface area contributed by atoms with Gasteiger partial charge in [-0.2, -0.15) is 0 Å². The van der Waals surface area contributed by atoms with Crippen LogP contribution in [0.2, 0.25) is 0 Å². The number of carbonyl (C=O) groups is 1. The van der Waals surface area contributed by atoms with Crippen molar-refractivity contribution in [2.75, 3.05) is 45.3 Å². The lowest BCUT2D eigenvalue weighted by atomic mass is 9.78. The molecule has 5 rings (SSSR count). The summed E-state index contributed by atoms with van der Waals surface area (Å²) in [5.41, 5.74) is 10.1. The fourth-order valence-corrected chi connectivity index (χ4v) is 4.57. The molecule has 30 heavy (non-hydrogen) atoms. The number of hydrogen-bond acceptors (Lipinski definition) is 6. The fourth-order valence-electron chi connectivity index (χ4n) is 4.57. The summed E-state index contributed by atoms with van der Waals surface area (Å²) in [5.74, 6) is 0.0867. The lowest BCUT2D eigenvalue weighted by molar-refractivity contribution is -0.191. The second kappa shape index (κ2) is 7.98. The summed E-state index contributed by atoms with van der Waals surface area (Å²) in [6, 6.07) is 10.4. The number of nitrogens with one attached hydrogen (secondary N) is 1. The molecule has 3 aliphatic rings. The summed E-state index contributed by atoms with van der Waals surface area (Å²) < 4.78 is 10.7. The number of ether oxygens (including phenoxy) is 2. The van der Waals surface area contributed by atoms with Gasteiger partial charge >= 0.3 is 0 Å². The van der Waals surface area contributed by atoms with Crippen LogP contribution in [0, 0.1) is 5.41 Å². The molecule has 1 aromatic carbocycles. The Morgan fingerprint density at radius 3 is 2.53 bits per heavy atom. The fraction of sp³-hybridized carbons (Fsp3) is 0.478. The van der Waals surface area contributed by atoms with Crippen LogP contribution in [0.4, 0.5) is 5.82 Å². The molecule has 1 aromatic heterocycles. The Morgan fingerprint density at radius 1 is 1.13 bits per heavy atom. The van der Waals surface area contributed by atoms with Gasteiger partial charge in [0.05, 0.1) is 18.8 Å². The van der Waals surface area contributed by atoms with E-state index >= 15 is 0 Å². The highest BCUT2D eigenvalue weighted by molar-refractivity contribution is 5.99. The molecule has 1 spiro atoms. The summed E-state index contributed by atoms with van der Waals surface area (Å²) >= 11 is 0. The first-order valence-corrected chi connectivity index (χ1v) is 10.6. The molecule has 3 N–H and O–H groups in total. The third kappa shape index (κ3) is 3.93. The molecule has 4 heterocycles. The van der Waals surface area contributed by atoms with Crippen LogP contribution in [0.1, 0.15) is 28.8 Å². The van der Waals surface area contributed by atoms with Gasteiger partial charge in [0.15, 0.2) is 0 Å². The zero-order valence-corrected chi connectivity index (χ0v) is 17.1. The predicted octanol–water partition coefficient (Wildman–Crippen LogP) is 2.07. The molecule has 2 aromatic rings. The molecule has 3 fully saturated rings. The lowest BCUT2D eigenvalue weighted by Crippen LogP contribution is -2.65. The maximum Gasteiger partial charge on any atom is 0.255 e. The number of carbonyl (C=O) groups excluding carboxylic acids is 1. The van der Waals surface area contributed by atoms with E-state index in [0.717, 1.165) is 56.8 Å². The second-order valence-electron chi connectivity index (χ2n) is 8.85. The number of aromatic nitrogens is 1. The van der Waals surface area contributed by atoms with Crippen molar-refractivity contribution in [3.63, 3.8) is 0 Å². The number of hydrogen-bond donors (Lipinski definition) is 2. The SMILES string of the molecule is Nc1ncc(-c2ccc(CN3CC4(COC4)C3)cc2)cc1C(=O)NC1CCOCC1. The molecule has 0 radical (unpaired) electrons. The number of rotatable bonds is 5. The number of nitrogens with zero attached hydrogens (tertiary/aromatic N) is 2. The Morgan fingerprint density at radius 2 is 1.87 bits per heavy atom. The summed E-state index contributed by atoms with van der Waals surface area (Å²) in [5, 5.41) is 3.06. The molecule has 7 heteroatoms. The number of benzene rings is 1. The Balaban J connectivity index is 1.24. The zero-order valence-electron chi connectivity index (χ0n) is 17.1. The Labute approximate surface area is 176 Å². The van der Waals surface area contributed by atoms with Gasteiger partial charge in [0, 0.05) is 56.1 Å². The minimum Gasteiger partial charge on any atom is -0.383 e. The normalized spacial score (nSPS) is 21.1. The first-order chi connectivity index (χ1) is 14.6. The number of nitrogens with two attached hydrogens (primary N) is 1. The van der Waals surface area contributed by atoms with Gasteiger partial charge in [0.25, 0.3) is 5.91 Å². The molecule has 3 aliphatic heterocycles. The van der Waals surface area contributed by atoms with Crippen molar-refractivity contribution in [2.45, 2.75) is 25.4 Å². The number of likely N-dealkylation sites (tertiary alicyclic amines) is 1. The third-order valence-electron chi connectivity index (χ3n) is 6.35. The minimum absolute atomic E-state index is 0.126. The van der Waals surface area contributed by atoms with Gasteiger partial charge in [-0.15, -0.1) is 0 Å². The quantitative estimate of drug-likeness (QED) is 0.787. The molecule has 1 amide bonds. The molecular formula is C23H28N4O3. The number of pyridine rings is 1. The van der Waals surface area contributed by atoms with Crippen molar-refractivity contribution in [3.05, 3.63) is 47.7 Å². The smallest absolute Gasteiger partial charge is 0.255 e. The molecule has 158 valence electrons. The Kier molecular flexibility index (Phi) is 5.18. The first kappa shape index (κ1) is 19.5. The maximum absolute atomic E-state index is 12.7. The van der Waals surface area contributed by atoms with E-state index < -0.39 is 0 Å². The lowest BCUT2D eigenvalue weighted by Gasteiger charge is -2.55. The van der Waals surface area contributed by atoms with Gasteiger partial charge in [-0.25, -0.2) is 4.98 Å². The summed E-state index contributed by atoms with van der Waals surface area (Å²) in [4.78, 5) is 19.5. The van der Waals surface area contributed by atoms with Crippen LogP contribution in [0.15, 0.2) is 36.5 Å². The monoisotopic (exact) mass is 408 g/mol. The van der Waals surface area contributed by atoms with Crippen molar-refractivity contribution in [2.24, 2.45) is 5.41 Å². The largest absolute Gasteiger partial charge is 0.383 e. The van der Waals surface area contributed by atoms with Crippen LogP contribution < -0.4 is 11.1 Å². The van der Waals surface area contributed by atoms with Crippen molar-refractivity contribution in [1.29, 1.82) is 0 Å².